The van der Waals surface area contributed by atoms with Gasteiger partial charge in [-0.05, 0) is 35.4 Å². The maximum atomic E-state index is 13.3. The number of halogens is 2. The van der Waals surface area contributed by atoms with Crippen LogP contribution in [0.3, 0.4) is 0 Å². The highest BCUT2D eigenvalue weighted by Crippen LogP contribution is 2.46. The van der Waals surface area contributed by atoms with Gasteiger partial charge >= 0.3 is 0 Å². The minimum atomic E-state index is -0.336. The molecule has 0 spiro atoms. The summed E-state index contributed by atoms with van der Waals surface area (Å²) in [4.78, 5) is 14.9. The Morgan fingerprint density at radius 1 is 0.792 bits per heavy atom. The van der Waals surface area contributed by atoms with Crippen molar-refractivity contribution in [2.75, 3.05) is 4.90 Å². The van der Waals surface area contributed by atoms with Gasteiger partial charge in [-0.15, -0.1) is 0 Å². The molecule has 1 atom stereocenters. The molecule has 0 fully saturated rings. The van der Waals surface area contributed by atoms with Crippen molar-refractivity contribution >= 4 is 40.5 Å². The van der Waals surface area contributed by atoms with Crippen molar-refractivity contribution in [3.8, 4) is 0 Å². The zero-order chi connectivity index (χ0) is 16.7. The van der Waals surface area contributed by atoms with Crippen LogP contribution in [0.1, 0.15) is 17.0 Å². The largest absolute Gasteiger partial charge is 0.278 e. The summed E-state index contributed by atoms with van der Waals surface area (Å²) in [6.45, 7) is 0. The Labute approximate surface area is 150 Å². The SMILES string of the molecule is O=C1C(c2ccccc2)c2ccccc2N1c1cc(Cl)ccc1Cl. The van der Waals surface area contributed by atoms with Crippen LogP contribution in [-0.4, -0.2) is 5.91 Å². The molecule has 1 aliphatic rings. The van der Waals surface area contributed by atoms with Gasteiger partial charge in [0.2, 0.25) is 5.91 Å². The van der Waals surface area contributed by atoms with Gasteiger partial charge in [0.05, 0.1) is 22.3 Å². The number of hydrogen-bond donors (Lipinski definition) is 0. The molecule has 0 N–H and O–H groups in total. The number of rotatable bonds is 2. The molecule has 1 unspecified atom stereocenters. The summed E-state index contributed by atoms with van der Waals surface area (Å²) in [5.41, 5.74) is 3.40. The zero-order valence-electron chi connectivity index (χ0n) is 12.6. The maximum Gasteiger partial charge on any atom is 0.243 e. The van der Waals surface area contributed by atoms with Gasteiger partial charge in [0.1, 0.15) is 0 Å². The van der Waals surface area contributed by atoms with Crippen molar-refractivity contribution in [3.63, 3.8) is 0 Å². The summed E-state index contributed by atoms with van der Waals surface area (Å²) < 4.78 is 0. The van der Waals surface area contributed by atoms with E-state index in [1.54, 1.807) is 23.1 Å². The summed E-state index contributed by atoms with van der Waals surface area (Å²) in [6.07, 6.45) is 0. The van der Waals surface area contributed by atoms with Gasteiger partial charge in [0, 0.05) is 5.02 Å². The Kier molecular flexibility index (Phi) is 3.79. The van der Waals surface area contributed by atoms with Crippen molar-refractivity contribution < 1.29 is 4.79 Å². The first kappa shape index (κ1) is 15.3. The normalized spacial score (nSPS) is 16.3. The number of benzene rings is 3. The zero-order valence-corrected chi connectivity index (χ0v) is 14.1. The van der Waals surface area contributed by atoms with Crippen LogP contribution in [0.2, 0.25) is 10.0 Å². The molecule has 0 aliphatic carbocycles. The Hall–Kier alpha value is -2.29. The fourth-order valence-electron chi connectivity index (χ4n) is 3.19. The van der Waals surface area contributed by atoms with E-state index in [2.05, 4.69) is 0 Å². The van der Waals surface area contributed by atoms with Gasteiger partial charge in [-0.25, -0.2) is 0 Å². The molecule has 3 aromatic carbocycles. The molecule has 1 aliphatic heterocycles. The van der Waals surface area contributed by atoms with Gasteiger partial charge in [-0.1, -0.05) is 71.7 Å². The molecular formula is C20H13Cl2NO. The predicted molar refractivity (Wildman–Crippen MR) is 98.3 cm³/mol. The highest BCUT2D eigenvalue weighted by Gasteiger charge is 2.39. The van der Waals surface area contributed by atoms with Crippen LogP contribution in [0.5, 0.6) is 0 Å². The van der Waals surface area contributed by atoms with E-state index >= 15 is 0 Å². The lowest BCUT2D eigenvalue weighted by Gasteiger charge is -2.20. The fraction of sp³-hybridized carbons (Fsp3) is 0.0500. The number of para-hydroxylation sites is 1. The number of anilines is 2. The van der Waals surface area contributed by atoms with Gasteiger partial charge in [0.15, 0.2) is 0 Å². The molecule has 0 bridgehead atoms. The van der Waals surface area contributed by atoms with Crippen molar-refractivity contribution in [2.24, 2.45) is 0 Å². The van der Waals surface area contributed by atoms with Crippen LogP contribution in [0.25, 0.3) is 0 Å². The van der Waals surface area contributed by atoms with Crippen molar-refractivity contribution in [3.05, 3.63) is 94.0 Å². The summed E-state index contributed by atoms with van der Waals surface area (Å²) in [7, 11) is 0. The van der Waals surface area contributed by atoms with E-state index in [1.165, 1.54) is 0 Å². The van der Waals surface area contributed by atoms with Crippen LogP contribution in [0.15, 0.2) is 72.8 Å². The third-order valence-electron chi connectivity index (χ3n) is 4.24. The van der Waals surface area contributed by atoms with Gasteiger partial charge in [-0.2, -0.15) is 0 Å². The molecule has 2 nitrogen and oxygen atoms in total. The van der Waals surface area contributed by atoms with E-state index in [0.29, 0.717) is 15.7 Å². The first-order valence-corrected chi connectivity index (χ1v) is 8.35. The molecule has 118 valence electrons. The van der Waals surface area contributed by atoms with Crippen molar-refractivity contribution in [1.29, 1.82) is 0 Å². The average Bonchev–Trinajstić information content (AvgIpc) is 2.90. The van der Waals surface area contributed by atoms with Crippen LogP contribution in [-0.2, 0) is 4.79 Å². The lowest BCUT2D eigenvalue weighted by Crippen LogP contribution is -2.24. The van der Waals surface area contributed by atoms with Crippen LogP contribution < -0.4 is 4.90 Å². The number of carbonyl (C=O) groups is 1. The maximum absolute atomic E-state index is 13.3. The van der Waals surface area contributed by atoms with E-state index in [1.807, 2.05) is 54.6 Å². The summed E-state index contributed by atoms with van der Waals surface area (Å²) in [6, 6.07) is 22.7. The second-order valence-electron chi connectivity index (χ2n) is 5.67. The van der Waals surface area contributed by atoms with Gasteiger partial charge < -0.3 is 0 Å². The third-order valence-corrected chi connectivity index (χ3v) is 4.79. The molecule has 3 aromatic rings. The van der Waals surface area contributed by atoms with Crippen molar-refractivity contribution in [2.45, 2.75) is 5.92 Å². The van der Waals surface area contributed by atoms with Crippen LogP contribution in [0, 0.1) is 0 Å². The van der Waals surface area contributed by atoms with E-state index in [9.17, 15) is 4.79 Å². The second kappa shape index (κ2) is 5.97. The number of carbonyl (C=O) groups excluding carboxylic acids is 1. The number of fused-ring (bicyclic) bond motifs is 1. The molecule has 1 heterocycles. The third kappa shape index (κ3) is 2.39. The highest BCUT2D eigenvalue weighted by atomic mass is 35.5. The Bertz CT molecular complexity index is 924. The van der Waals surface area contributed by atoms with Crippen molar-refractivity contribution in [1.82, 2.24) is 0 Å². The number of amides is 1. The Balaban J connectivity index is 1.91. The van der Waals surface area contributed by atoms with Gasteiger partial charge in [-0.3, -0.25) is 9.69 Å². The number of hydrogen-bond acceptors (Lipinski definition) is 1. The molecule has 0 saturated heterocycles. The van der Waals surface area contributed by atoms with Gasteiger partial charge in [0.25, 0.3) is 0 Å². The summed E-state index contributed by atoms with van der Waals surface area (Å²) in [5, 5.41) is 1.04. The summed E-state index contributed by atoms with van der Waals surface area (Å²) >= 11 is 12.5. The quantitative estimate of drug-likeness (QED) is 0.569. The minimum Gasteiger partial charge on any atom is -0.278 e. The lowest BCUT2D eigenvalue weighted by atomic mass is 9.93. The number of nitrogens with zero attached hydrogens (tertiary/aromatic N) is 1. The molecule has 0 aromatic heterocycles. The fourth-order valence-corrected chi connectivity index (χ4v) is 3.56. The summed E-state index contributed by atoms with van der Waals surface area (Å²) in [5.74, 6) is -0.357. The van der Waals surface area contributed by atoms with E-state index in [4.69, 9.17) is 23.2 Å². The smallest absolute Gasteiger partial charge is 0.243 e. The molecule has 1 amide bonds. The molecule has 0 saturated carbocycles. The minimum absolute atomic E-state index is 0.0217. The first-order valence-electron chi connectivity index (χ1n) is 7.60. The van der Waals surface area contributed by atoms with Crippen LogP contribution >= 0.6 is 23.2 Å². The standard InChI is InChI=1S/C20H13Cl2NO/c21-14-10-11-16(22)18(12-14)23-17-9-5-4-8-15(17)19(20(23)24)13-6-2-1-3-7-13/h1-12,19H. The Morgan fingerprint density at radius 3 is 2.29 bits per heavy atom. The highest BCUT2D eigenvalue weighted by molar-refractivity contribution is 6.36. The van der Waals surface area contributed by atoms with E-state index in [0.717, 1.165) is 16.8 Å². The lowest BCUT2D eigenvalue weighted by molar-refractivity contribution is -0.117. The van der Waals surface area contributed by atoms with E-state index in [-0.39, 0.29) is 11.8 Å². The second-order valence-corrected chi connectivity index (χ2v) is 6.52. The molecule has 4 heteroatoms. The molecular weight excluding hydrogens is 341 g/mol. The predicted octanol–water partition coefficient (Wildman–Crippen LogP) is 5.80. The molecule has 24 heavy (non-hydrogen) atoms. The topological polar surface area (TPSA) is 20.3 Å². The average molecular weight is 354 g/mol. The monoisotopic (exact) mass is 353 g/mol. The molecule has 0 radical (unpaired) electrons. The Morgan fingerprint density at radius 2 is 1.50 bits per heavy atom. The van der Waals surface area contributed by atoms with E-state index < -0.39 is 0 Å². The first-order chi connectivity index (χ1) is 11.7. The molecule has 4 rings (SSSR count). The van der Waals surface area contributed by atoms with Crippen LogP contribution in [0.4, 0.5) is 11.4 Å².